The number of carbonyl (C=O) groups excluding carboxylic acids is 1. The van der Waals surface area contributed by atoms with Crippen LogP contribution in [0.1, 0.15) is 34.6 Å². The summed E-state index contributed by atoms with van der Waals surface area (Å²) < 4.78 is 5.07. The molecule has 11 heavy (non-hydrogen) atoms. The van der Waals surface area contributed by atoms with Gasteiger partial charge >= 0.3 is 5.97 Å². The van der Waals surface area contributed by atoms with Gasteiger partial charge in [0, 0.05) is 0 Å². The first-order chi connectivity index (χ1) is 4.88. The lowest BCUT2D eigenvalue weighted by atomic mass is 9.97. The van der Waals surface area contributed by atoms with Crippen LogP contribution in [-0.2, 0) is 9.53 Å². The second kappa shape index (κ2) is 3.74. The van der Waals surface area contributed by atoms with Crippen LogP contribution in [0.5, 0.6) is 0 Å². The van der Waals surface area contributed by atoms with Gasteiger partial charge in [-0.05, 0) is 34.1 Å². The Balaban J connectivity index is 3.88. The maximum Gasteiger partial charge on any atom is 0.311 e. The van der Waals surface area contributed by atoms with E-state index < -0.39 is 5.41 Å². The molecule has 0 bridgehead atoms. The topological polar surface area (TPSA) is 26.3 Å². The van der Waals surface area contributed by atoms with Gasteiger partial charge in [0.1, 0.15) is 6.10 Å². The van der Waals surface area contributed by atoms with E-state index in [-0.39, 0.29) is 12.1 Å². The van der Waals surface area contributed by atoms with Gasteiger partial charge in [-0.1, -0.05) is 6.92 Å². The molecule has 0 amide bonds. The predicted octanol–water partition coefficient (Wildman–Crippen LogP) is 2.19. The third kappa shape index (κ3) is 4.02. The van der Waals surface area contributed by atoms with Crippen LogP contribution in [0.2, 0.25) is 0 Å². The summed E-state index contributed by atoms with van der Waals surface area (Å²) in [6.45, 7) is 9.26. The zero-order valence-electron chi connectivity index (χ0n) is 7.97. The minimum absolute atomic E-state index is 0.0817. The molecule has 2 heteroatoms. The molecule has 0 unspecified atom stereocenters. The van der Waals surface area contributed by atoms with Crippen molar-refractivity contribution in [1.29, 1.82) is 0 Å². The molecule has 0 heterocycles. The Labute approximate surface area is 68.9 Å². The van der Waals surface area contributed by atoms with E-state index in [1.165, 1.54) is 0 Å². The molecule has 0 aliphatic rings. The number of esters is 1. The molecule has 0 aromatic carbocycles. The molecule has 65 valence electrons. The standard InChI is InChI=1S/C9H17O2/c1-6-7(2)11-8(10)9(3,4)5/h6-7H,1-5H3/t7-/m0/s1. The fraction of sp³-hybridized carbons (Fsp3) is 0.778. The SMILES string of the molecule is C[CH][C@H](C)OC(=O)C(C)(C)C. The first kappa shape index (κ1) is 10.5. The van der Waals surface area contributed by atoms with Crippen molar-refractivity contribution in [3.63, 3.8) is 0 Å². The molecule has 0 spiro atoms. The van der Waals surface area contributed by atoms with E-state index in [1.807, 2.05) is 41.0 Å². The van der Waals surface area contributed by atoms with Crippen LogP contribution in [-0.4, -0.2) is 12.1 Å². The molecule has 1 atom stereocenters. The summed E-state index contributed by atoms with van der Waals surface area (Å²) in [7, 11) is 0. The zero-order valence-corrected chi connectivity index (χ0v) is 7.97. The highest BCUT2D eigenvalue weighted by Gasteiger charge is 2.24. The normalized spacial score (nSPS) is 14.3. The molecule has 2 nitrogen and oxygen atoms in total. The maximum absolute atomic E-state index is 11.2. The number of rotatable bonds is 2. The molecule has 0 saturated heterocycles. The third-order valence-electron chi connectivity index (χ3n) is 1.37. The van der Waals surface area contributed by atoms with E-state index in [4.69, 9.17) is 4.74 Å². The molecular formula is C9H17O2. The molecule has 0 saturated carbocycles. The van der Waals surface area contributed by atoms with Crippen LogP contribution in [0.25, 0.3) is 0 Å². The first-order valence-corrected chi connectivity index (χ1v) is 3.88. The summed E-state index contributed by atoms with van der Waals surface area (Å²) in [5.41, 5.74) is -0.392. The minimum Gasteiger partial charge on any atom is -0.462 e. The summed E-state index contributed by atoms with van der Waals surface area (Å²) in [6.07, 6.45) is 1.77. The van der Waals surface area contributed by atoms with E-state index in [9.17, 15) is 4.79 Å². The van der Waals surface area contributed by atoms with Crippen LogP contribution in [0.3, 0.4) is 0 Å². The number of carbonyl (C=O) groups is 1. The molecule has 0 rings (SSSR count). The molecule has 0 N–H and O–H groups in total. The van der Waals surface area contributed by atoms with Crippen molar-refractivity contribution < 1.29 is 9.53 Å². The Morgan fingerprint density at radius 2 is 1.91 bits per heavy atom. The Morgan fingerprint density at radius 3 is 2.18 bits per heavy atom. The Bertz CT molecular complexity index is 133. The highest BCUT2D eigenvalue weighted by Crippen LogP contribution is 2.16. The van der Waals surface area contributed by atoms with Gasteiger partial charge in [-0.3, -0.25) is 4.79 Å². The molecule has 0 aliphatic heterocycles. The summed E-state index contributed by atoms with van der Waals surface area (Å²) in [5, 5.41) is 0. The summed E-state index contributed by atoms with van der Waals surface area (Å²) in [6, 6.07) is 0. The van der Waals surface area contributed by atoms with Crippen molar-refractivity contribution in [3.8, 4) is 0 Å². The van der Waals surface area contributed by atoms with Gasteiger partial charge in [0.2, 0.25) is 0 Å². The average Bonchev–Trinajstić information content (AvgIpc) is 1.85. The van der Waals surface area contributed by atoms with Crippen molar-refractivity contribution in [1.82, 2.24) is 0 Å². The quantitative estimate of drug-likeness (QED) is 0.574. The van der Waals surface area contributed by atoms with Gasteiger partial charge in [0.25, 0.3) is 0 Å². The molecule has 0 aromatic rings. The number of ether oxygens (including phenoxy) is 1. The van der Waals surface area contributed by atoms with Gasteiger partial charge in [-0.2, -0.15) is 0 Å². The second-order valence-corrected chi connectivity index (χ2v) is 3.69. The minimum atomic E-state index is -0.392. The Kier molecular flexibility index (Phi) is 3.56. The second-order valence-electron chi connectivity index (χ2n) is 3.69. The maximum atomic E-state index is 11.2. The zero-order chi connectivity index (χ0) is 9.07. The summed E-state index contributed by atoms with van der Waals surface area (Å²) in [5.74, 6) is -0.150. The predicted molar refractivity (Wildman–Crippen MR) is 45.0 cm³/mol. The van der Waals surface area contributed by atoms with Crippen LogP contribution < -0.4 is 0 Å². The van der Waals surface area contributed by atoms with E-state index in [1.54, 1.807) is 0 Å². The van der Waals surface area contributed by atoms with Crippen LogP contribution in [0, 0.1) is 11.8 Å². The van der Waals surface area contributed by atoms with E-state index >= 15 is 0 Å². The average molecular weight is 157 g/mol. The van der Waals surface area contributed by atoms with Crippen molar-refractivity contribution in [2.45, 2.75) is 40.7 Å². The van der Waals surface area contributed by atoms with Crippen LogP contribution >= 0.6 is 0 Å². The highest BCUT2D eigenvalue weighted by molar-refractivity contribution is 5.75. The van der Waals surface area contributed by atoms with Gasteiger partial charge in [-0.25, -0.2) is 0 Å². The largest absolute Gasteiger partial charge is 0.462 e. The van der Waals surface area contributed by atoms with Crippen molar-refractivity contribution in [3.05, 3.63) is 6.42 Å². The van der Waals surface area contributed by atoms with Crippen molar-refractivity contribution >= 4 is 5.97 Å². The molecular weight excluding hydrogens is 140 g/mol. The third-order valence-corrected chi connectivity index (χ3v) is 1.37. The fourth-order valence-electron chi connectivity index (χ4n) is 0.414. The lowest BCUT2D eigenvalue weighted by Crippen LogP contribution is -2.26. The number of hydrogen-bond acceptors (Lipinski definition) is 2. The summed E-state index contributed by atoms with van der Waals surface area (Å²) >= 11 is 0. The Morgan fingerprint density at radius 1 is 1.45 bits per heavy atom. The van der Waals surface area contributed by atoms with Crippen molar-refractivity contribution in [2.75, 3.05) is 0 Å². The van der Waals surface area contributed by atoms with Crippen molar-refractivity contribution in [2.24, 2.45) is 5.41 Å². The lowest BCUT2D eigenvalue weighted by Gasteiger charge is -2.19. The van der Waals surface area contributed by atoms with Gasteiger partial charge in [0.15, 0.2) is 0 Å². The molecule has 1 radical (unpaired) electrons. The molecule has 0 fully saturated rings. The molecule has 0 aliphatic carbocycles. The fourth-order valence-corrected chi connectivity index (χ4v) is 0.414. The summed E-state index contributed by atoms with van der Waals surface area (Å²) in [4.78, 5) is 11.2. The lowest BCUT2D eigenvalue weighted by molar-refractivity contribution is -0.156. The van der Waals surface area contributed by atoms with Gasteiger partial charge < -0.3 is 4.74 Å². The van der Waals surface area contributed by atoms with Crippen LogP contribution in [0.15, 0.2) is 0 Å². The van der Waals surface area contributed by atoms with E-state index in [2.05, 4.69) is 0 Å². The monoisotopic (exact) mass is 157 g/mol. The van der Waals surface area contributed by atoms with E-state index in [0.717, 1.165) is 0 Å². The Hall–Kier alpha value is -0.530. The first-order valence-electron chi connectivity index (χ1n) is 3.88. The van der Waals surface area contributed by atoms with Gasteiger partial charge in [-0.15, -0.1) is 0 Å². The molecule has 0 aromatic heterocycles. The van der Waals surface area contributed by atoms with Gasteiger partial charge in [0.05, 0.1) is 5.41 Å². The highest BCUT2D eigenvalue weighted by atomic mass is 16.5. The van der Waals surface area contributed by atoms with Crippen LogP contribution in [0.4, 0.5) is 0 Å². The number of hydrogen-bond donors (Lipinski definition) is 0. The smallest absolute Gasteiger partial charge is 0.311 e. The van der Waals surface area contributed by atoms with E-state index in [0.29, 0.717) is 0 Å².